The largest absolute Gasteiger partial charge is 0.341 e. The summed E-state index contributed by atoms with van der Waals surface area (Å²) in [4.78, 5) is 15.7. The summed E-state index contributed by atoms with van der Waals surface area (Å²) in [6.07, 6.45) is 0. The topological polar surface area (TPSA) is 54.0 Å². The van der Waals surface area contributed by atoms with E-state index in [1.54, 1.807) is 7.05 Å². The van der Waals surface area contributed by atoms with Gasteiger partial charge in [0.25, 0.3) is 0 Å². The molecule has 2 rings (SSSR count). The van der Waals surface area contributed by atoms with Crippen LogP contribution in [-0.2, 0) is 0 Å². The molecule has 0 unspecified atom stereocenters. The molecule has 2 N–H and O–H groups in total. The zero-order chi connectivity index (χ0) is 11.5. The number of para-hydroxylation sites is 1. The standard InChI is InChI=1S/C12H13N3O/c1-8-6-7-9-4-3-5-10(11(9)14-8)15-12(16)13-2/h3-7H,1-2H3,(H2,13,15,16). The molecule has 0 aliphatic rings. The maximum atomic E-state index is 11.3. The highest BCUT2D eigenvalue weighted by Gasteiger charge is 2.04. The van der Waals surface area contributed by atoms with Crippen molar-refractivity contribution < 1.29 is 4.79 Å². The first kappa shape index (κ1) is 10.4. The van der Waals surface area contributed by atoms with Crippen molar-refractivity contribution in [1.29, 1.82) is 0 Å². The summed E-state index contributed by atoms with van der Waals surface area (Å²) in [7, 11) is 1.58. The summed E-state index contributed by atoms with van der Waals surface area (Å²) >= 11 is 0. The van der Waals surface area contributed by atoms with Crippen LogP contribution in [0, 0.1) is 6.92 Å². The van der Waals surface area contributed by atoms with E-state index in [4.69, 9.17) is 0 Å². The molecule has 4 heteroatoms. The number of fused-ring (bicyclic) bond motifs is 1. The number of nitrogens with zero attached hydrogens (tertiary/aromatic N) is 1. The number of hydrogen-bond acceptors (Lipinski definition) is 2. The molecule has 0 aliphatic heterocycles. The van der Waals surface area contributed by atoms with Gasteiger partial charge in [-0.25, -0.2) is 4.79 Å². The Bertz CT molecular complexity index is 537. The number of urea groups is 1. The summed E-state index contributed by atoms with van der Waals surface area (Å²) in [5, 5.41) is 6.28. The molecule has 1 heterocycles. The summed E-state index contributed by atoms with van der Waals surface area (Å²) < 4.78 is 0. The number of nitrogens with one attached hydrogen (secondary N) is 2. The van der Waals surface area contributed by atoms with Crippen LogP contribution < -0.4 is 10.6 Å². The lowest BCUT2D eigenvalue weighted by Crippen LogP contribution is -2.24. The lowest BCUT2D eigenvalue weighted by Gasteiger charge is -2.07. The predicted octanol–water partition coefficient (Wildman–Crippen LogP) is 2.29. The minimum atomic E-state index is -0.240. The minimum absolute atomic E-state index is 0.240. The Morgan fingerprint density at radius 1 is 1.25 bits per heavy atom. The van der Waals surface area contributed by atoms with Crippen molar-refractivity contribution in [1.82, 2.24) is 10.3 Å². The average molecular weight is 215 g/mol. The van der Waals surface area contributed by atoms with Crippen molar-refractivity contribution >= 4 is 22.6 Å². The van der Waals surface area contributed by atoms with Crippen LogP contribution >= 0.6 is 0 Å². The Kier molecular flexibility index (Phi) is 2.72. The third-order valence-electron chi connectivity index (χ3n) is 2.33. The first-order chi connectivity index (χ1) is 7.70. The minimum Gasteiger partial charge on any atom is -0.341 e. The van der Waals surface area contributed by atoms with Crippen LogP contribution in [0.3, 0.4) is 0 Å². The number of pyridine rings is 1. The van der Waals surface area contributed by atoms with E-state index in [2.05, 4.69) is 15.6 Å². The van der Waals surface area contributed by atoms with E-state index in [9.17, 15) is 4.79 Å². The van der Waals surface area contributed by atoms with E-state index in [0.717, 1.165) is 22.3 Å². The van der Waals surface area contributed by atoms with Crippen LogP contribution in [0.5, 0.6) is 0 Å². The van der Waals surface area contributed by atoms with E-state index in [0.29, 0.717) is 0 Å². The predicted molar refractivity (Wildman–Crippen MR) is 64.6 cm³/mol. The lowest BCUT2D eigenvalue weighted by molar-refractivity contribution is 0.254. The first-order valence-electron chi connectivity index (χ1n) is 5.06. The second kappa shape index (κ2) is 4.18. The third kappa shape index (κ3) is 1.95. The van der Waals surface area contributed by atoms with Gasteiger partial charge in [-0.15, -0.1) is 0 Å². The molecular formula is C12H13N3O. The Morgan fingerprint density at radius 2 is 2.06 bits per heavy atom. The molecule has 0 spiro atoms. The van der Waals surface area contributed by atoms with Crippen molar-refractivity contribution in [2.45, 2.75) is 6.92 Å². The first-order valence-corrected chi connectivity index (χ1v) is 5.06. The van der Waals surface area contributed by atoms with Crippen molar-refractivity contribution in [2.24, 2.45) is 0 Å². The Hall–Kier alpha value is -2.10. The molecule has 0 saturated heterocycles. The smallest absolute Gasteiger partial charge is 0.319 e. The van der Waals surface area contributed by atoms with Crippen molar-refractivity contribution in [2.75, 3.05) is 12.4 Å². The van der Waals surface area contributed by atoms with Crippen LogP contribution in [0.15, 0.2) is 30.3 Å². The van der Waals surface area contributed by atoms with E-state index in [1.807, 2.05) is 37.3 Å². The van der Waals surface area contributed by atoms with Crippen molar-refractivity contribution in [3.05, 3.63) is 36.0 Å². The van der Waals surface area contributed by atoms with E-state index in [1.165, 1.54) is 0 Å². The van der Waals surface area contributed by atoms with Crippen LogP contribution in [0.25, 0.3) is 10.9 Å². The highest BCUT2D eigenvalue weighted by molar-refractivity contribution is 5.99. The number of benzene rings is 1. The molecule has 0 saturated carbocycles. The zero-order valence-electron chi connectivity index (χ0n) is 9.24. The second-order valence-electron chi connectivity index (χ2n) is 3.53. The van der Waals surface area contributed by atoms with E-state index < -0.39 is 0 Å². The molecule has 0 aliphatic carbocycles. The van der Waals surface area contributed by atoms with Gasteiger partial charge in [0.2, 0.25) is 0 Å². The Morgan fingerprint density at radius 3 is 2.81 bits per heavy atom. The fourth-order valence-corrected chi connectivity index (χ4v) is 1.53. The quantitative estimate of drug-likeness (QED) is 0.766. The number of anilines is 1. The molecule has 0 fully saturated rings. The zero-order valence-corrected chi connectivity index (χ0v) is 9.24. The molecule has 0 bridgehead atoms. The number of carbonyl (C=O) groups is 1. The van der Waals surface area contributed by atoms with E-state index in [-0.39, 0.29) is 6.03 Å². The van der Waals surface area contributed by atoms with Crippen LogP contribution in [0.2, 0.25) is 0 Å². The van der Waals surface area contributed by atoms with Gasteiger partial charge in [0, 0.05) is 18.1 Å². The van der Waals surface area contributed by atoms with E-state index >= 15 is 0 Å². The number of aromatic nitrogens is 1. The Labute approximate surface area is 93.7 Å². The highest BCUT2D eigenvalue weighted by atomic mass is 16.2. The molecule has 1 aromatic heterocycles. The normalized spacial score (nSPS) is 10.1. The molecule has 2 aromatic rings. The molecule has 0 radical (unpaired) electrons. The number of hydrogen-bond donors (Lipinski definition) is 2. The van der Waals surface area contributed by atoms with Crippen LogP contribution in [-0.4, -0.2) is 18.1 Å². The molecule has 0 atom stereocenters. The summed E-state index contributed by atoms with van der Waals surface area (Å²) in [6, 6.07) is 9.40. The lowest BCUT2D eigenvalue weighted by atomic mass is 10.2. The number of rotatable bonds is 1. The van der Waals surface area contributed by atoms with Gasteiger partial charge < -0.3 is 10.6 Å². The van der Waals surface area contributed by atoms with Gasteiger partial charge in [0.05, 0.1) is 11.2 Å². The second-order valence-corrected chi connectivity index (χ2v) is 3.53. The highest BCUT2D eigenvalue weighted by Crippen LogP contribution is 2.21. The van der Waals surface area contributed by atoms with Gasteiger partial charge in [-0.1, -0.05) is 18.2 Å². The fourth-order valence-electron chi connectivity index (χ4n) is 1.53. The van der Waals surface area contributed by atoms with Gasteiger partial charge in [0.15, 0.2) is 0 Å². The molecule has 82 valence electrons. The van der Waals surface area contributed by atoms with Gasteiger partial charge >= 0.3 is 6.03 Å². The van der Waals surface area contributed by atoms with Gasteiger partial charge in [0.1, 0.15) is 0 Å². The summed E-state index contributed by atoms with van der Waals surface area (Å²) in [5.74, 6) is 0. The van der Waals surface area contributed by atoms with Crippen molar-refractivity contribution in [3.63, 3.8) is 0 Å². The fraction of sp³-hybridized carbons (Fsp3) is 0.167. The summed E-state index contributed by atoms with van der Waals surface area (Å²) in [6.45, 7) is 1.93. The van der Waals surface area contributed by atoms with Crippen LogP contribution in [0.4, 0.5) is 10.5 Å². The molecule has 4 nitrogen and oxygen atoms in total. The van der Waals surface area contributed by atoms with Gasteiger partial charge in [-0.3, -0.25) is 4.98 Å². The molecule has 1 aromatic carbocycles. The maximum Gasteiger partial charge on any atom is 0.319 e. The monoisotopic (exact) mass is 215 g/mol. The number of aryl methyl sites for hydroxylation is 1. The van der Waals surface area contributed by atoms with Gasteiger partial charge in [-0.2, -0.15) is 0 Å². The van der Waals surface area contributed by atoms with Crippen molar-refractivity contribution in [3.8, 4) is 0 Å². The number of amides is 2. The number of carbonyl (C=O) groups excluding carboxylic acids is 1. The average Bonchev–Trinajstić information content (AvgIpc) is 2.29. The van der Waals surface area contributed by atoms with Gasteiger partial charge in [-0.05, 0) is 19.1 Å². The Balaban J connectivity index is 2.52. The molecule has 16 heavy (non-hydrogen) atoms. The third-order valence-corrected chi connectivity index (χ3v) is 2.33. The SMILES string of the molecule is CNC(=O)Nc1cccc2ccc(C)nc12. The summed E-state index contributed by atoms with van der Waals surface area (Å²) in [5.41, 5.74) is 2.46. The maximum absolute atomic E-state index is 11.3. The molecule has 2 amide bonds. The molecular weight excluding hydrogens is 202 g/mol. The van der Waals surface area contributed by atoms with Crippen LogP contribution in [0.1, 0.15) is 5.69 Å².